The van der Waals surface area contributed by atoms with Crippen molar-refractivity contribution in [1.29, 1.82) is 0 Å². The lowest BCUT2D eigenvalue weighted by Crippen LogP contribution is -2.27. The number of aryl methyl sites for hydroxylation is 1. The molecule has 1 aromatic carbocycles. The second-order valence-corrected chi connectivity index (χ2v) is 6.01. The number of furan rings is 1. The van der Waals surface area contributed by atoms with Crippen LogP contribution in [0.4, 0.5) is 0 Å². The number of carbonyl (C=O) groups is 1. The van der Waals surface area contributed by atoms with Crippen LogP contribution in [0, 0.1) is 0 Å². The predicted octanol–water partition coefficient (Wildman–Crippen LogP) is 4.09. The Morgan fingerprint density at radius 2 is 2.04 bits per heavy atom. The Labute approximate surface area is 141 Å². The summed E-state index contributed by atoms with van der Waals surface area (Å²) >= 11 is 0. The van der Waals surface area contributed by atoms with Crippen molar-refractivity contribution in [2.45, 2.75) is 39.3 Å². The summed E-state index contributed by atoms with van der Waals surface area (Å²) in [6.45, 7) is 3.58. The van der Waals surface area contributed by atoms with Gasteiger partial charge in [0.2, 0.25) is 0 Å². The van der Waals surface area contributed by atoms with Crippen LogP contribution in [-0.4, -0.2) is 27.4 Å². The van der Waals surface area contributed by atoms with Crippen molar-refractivity contribution in [1.82, 2.24) is 14.5 Å². The smallest absolute Gasteiger partial charge is 0.289 e. The third kappa shape index (κ3) is 3.35. The first-order valence-electron chi connectivity index (χ1n) is 8.44. The molecule has 0 bridgehead atoms. The Morgan fingerprint density at radius 3 is 2.79 bits per heavy atom. The number of nitrogens with zero attached hydrogens (tertiary/aromatic N) is 3. The summed E-state index contributed by atoms with van der Waals surface area (Å²) in [6.07, 6.45) is 4.99. The van der Waals surface area contributed by atoms with Crippen LogP contribution in [0.3, 0.4) is 0 Å². The van der Waals surface area contributed by atoms with Crippen LogP contribution in [0.1, 0.15) is 42.6 Å². The lowest BCUT2D eigenvalue weighted by Gasteiger charge is -2.17. The predicted molar refractivity (Wildman–Crippen MR) is 93.8 cm³/mol. The highest BCUT2D eigenvalue weighted by atomic mass is 16.3. The molecule has 0 radical (unpaired) electrons. The zero-order valence-electron chi connectivity index (χ0n) is 14.2. The van der Waals surface area contributed by atoms with Gasteiger partial charge in [0.1, 0.15) is 5.82 Å². The summed E-state index contributed by atoms with van der Waals surface area (Å²) in [5.41, 5.74) is 2.10. The van der Waals surface area contributed by atoms with Crippen LogP contribution in [0.25, 0.3) is 11.0 Å². The summed E-state index contributed by atoms with van der Waals surface area (Å²) < 4.78 is 7.44. The Balaban J connectivity index is 1.84. The minimum atomic E-state index is -0.132. The molecule has 0 aliphatic rings. The summed E-state index contributed by atoms with van der Waals surface area (Å²) in [7, 11) is 1.78. The highest BCUT2D eigenvalue weighted by Gasteiger charge is 2.18. The van der Waals surface area contributed by atoms with Crippen LogP contribution >= 0.6 is 0 Å². The number of carbonyl (C=O) groups excluding carboxylic acids is 1. The summed E-state index contributed by atoms with van der Waals surface area (Å²) in [5, 5.41) is 0. The molecule has 0 saturated heterocycles. The Hall–Kier alpha value is -2.56. The van der Waals surface area contributed by atoms with Gasteiger partial charge in [0.15, 0.2) is 5.76 Å². The van der Waals surface area contributed by atoms with Crippen molar-refractivity contribution >= 4 is 16.9 Å². The number of amides is 1. The number of aromatic nitrogens is 2. The highest BCUT2D eigenvalue weighted by Crippen LogP contribution is 2.19. The topological polar surface area (TPSA) is 51.3 Å². The van der Waals surface area contributed by atoms with Gasteiger partial charge in [-0.05, 0) is 30.7 Å². The molecule has 0 aliphatic carbocycles. The SMILES string of the molecule is CCCCCn1c(CN(C)C(=O)c2ccco2)nc2ccccc21. The van der Waals surface area contributed by atoms with E-state index in [4.69, 9.17) is 9.40 Å². The van der Waals surface area contributed by atoms with E-state index in [1.165, 1.54) is 19.1 Å². The van der Waals surface area contributed by atoms with Crippen LogP contribution in [-0.2, 0) is 13.1 Å². The molecule has 3 rings (SSSR count). The number of fused-ring (bicyclic) bond motifs is 1. The van der Waals surface area contributed by atoms with Crippen LogP contribution in [0.15, 0.2) is 47.1 Å². The number of para-hydroxylation sites is 2. The van der Waals surface area contributed by atoms with Gasteiger partial charge in [0.25, 0.3) is 5.91 Å². The van der Waals surface area contributed by atoms with E-state index in [1.54, 1.807) is 24.1 Å². The zero-order valence-corrected chi connectivity index (χ0v) is 14.2. The van der Waals surface area contributed by atoms with Gasteiger partial charge >= 0.3 is 0 Å². The molecule has 0 aliphatic heterocycles. The molecule has 3 aromatic rings. The van der Waals surface area contributed by atoms with Gasteiger partial charge in [-0.1, -0.05) is 31.9 Å². The number of hydrogen-bond donors (Lipinski definition) is 0. The first kappa shape index (κ1) is 16.3. The van der Waals surface area contributed by atoms with Gasteiger partial charge in [0.05, 0.1) is 23.8 Å². The number of rotatable bonds is 7. The Kier molecular flexibility index (Phi) is 4.99. The third-order valence-electron chi connectivity index (χ3n) is 4.18. The van der Waals surface area contributed by atoms with E-state index in [0.717, 1.165) is 29.8 Å². The lowest BCUT2D eigenvalue weighted by atomic mass is 10.2. The fraction of sp³-hybridized carbons (Fsp3) is 0.368. The molecule has 0 unspecified atom stereocenters. The first-order chi connectivity index (χ1) is 11.7. The fourth-order valence-electron chi connectivity index (χ4n) is 2.89. The maximum Gasteiger partial charge on any atom is 0.289 e. The molecule has 24 heavy (non-hydrogen) atoms. The Morgan fingerprint density at radius 1 is 1.21 bits per heavy atom. The van der Waals surface area contributed by atoms with Gasteiger partial charge in [-0.2, -0.15) is 0 Å². The van der Waals surface area contributed by atoms with Crippen molar-refractivity contribution in [2.24, 2.45) is 0 Å². The standard InChI is InChI=1S/C19H23N3O2/c1-3-4-7-12-22-16-10-6-5-9-15(16)20-18(22)14-21(2)19(23)17-11-8-13-24-17/h5-6,8-11,13H,3-4,7,12,14H2,1-2H3. The normalized spacial score (nSPS) is 11.1. The quantitative estimate of drug-likeness (QED) is 0.615. The minimum Gasteiger partial charge on any atom is -0.459 e. The van der Waals surface area contributed by atoms with Crippen molar-refractivity contribution < 1.29 is 9.21 Å². The number of unbranched alkanes of at least 4 members (excludes halogenated alkanes) is 2. The summed E-state index contributed by atoms with van der Waals surface area (Å²) in [4.78, 5) is 18.8. The largest absolute Gasteiger partial charge is 0.459 e. The van der Waals surface area contributed by atoms with Crippen LogP contribution < -0.4 is 0 Å². The second kappa shape index (κ2) is 7.34. The zero-order chi connectivity index (χ0) is 16.9. The van der Waals surface area contributed by atoms with Gasteiger partial charge in [-0.15, -0.1) is 0 Å². The molecule has 5 heteroatoms. The molecular formula is C19H23N3O2. The third-order valence-corrected chi connectivity index (χ3v) is 4.18. The van der Waals surface area contributed by atoms with Crippen molar-refractivity contribution in [2.75, 3.05) is 7.05 Å². The second-order valence-electron chi connectivity index (χ2n) is 6.01. The molecule has 1 amide bonds. The molecule has 2 heterocycles. The molecule has 0 fully saturated rings. The Bertz CT molecular complexity index is 805. The van der Waals surface area contributed by atoms with E-state index in [2.05, 4.69) is 17.6 Å². The minimum absolute atomic E-state index is 0.132. The van der Waals surface area contributed by atoms with E-state index in [-0.39, 0.29) is 5.91 Å². The van der Waals surface area contributed by atoms with E-state index >= 15 is 0 Å². The molecule has 0 N–H and O–H groups in total. The molecule has 0 saturated carbocycles. The van der Waals surface area contributed by atoms with Gasteiger partial charge in [0, 0.05) is 13.6 Å². The summed E-state index contributed by atoms with van der Waals surface area (Å²) in [6, 6.07) is 11.5. The van der Waals surface area contributed by atoms with Crippen LogP contribution in [0.5, 0.6) is 0 Å². The van der Waals surface area contributed by atoms with Gasteiger partial charge in [-0.25, -0.2) is 4.98 Å². The molecular weight excluding hydrogens is 302 g/mol. The average molecular weight is 325 g/mol. The molecule has 0 atom stereocenters. The fourth-order valence-corrected chi connectivity index (χ4v) is 2.89. The van der Waals surface area contributed by atoms with Crippen molar-refractivity contribution in [3.8, 4) is 0 Å². The van der Waals surface area contributed by atoms with Crippen LogP contribution in [0.2, 0.25) is 0 Å². The van der Waals surface area contributed by atoms with Crippen molar-refractivity contribution in [3.63, 3.8) is 0 Å². The van der Waals surface area contributed by atoms with E-state index in [1.807, 2.05) is 18.2 Å². The first-order valence-corrected chi connectivity index (χ1v) is 8.44. The monoisotopic (exact) mass is 325 g/mol. The number of benzene rings is 1. The maximum atomic E-state index is 12.4. The molecule has 126 valence electrons. The van der Waals surface area contributed by atoms with E-state index < -0.39 is 0 Å². The van der Waals surface area contributed by atoms with Crippen molar-refractivity contribution in [3.05, 3.63) is 54.2 Å². The average Bonchev–Trinajstić information content (AvgIpc) is 3.23. The lowest BCUT2D eigenvalue weighted by molar-refractivity contribution is 0.0748. The summed E-state index contributed by atoms with van der Waals surface area (Å²) in [5.74, 6) is 1.13. The molecule has 5 nitrogen and oxygen atoms in total. The van der Waals surface area contributed by atoms with E-state index in [9.17, 15) is 4.79 Å². The number of imidazole rings is 1. The molecule has 0 spiro atoms. The van der Waals surface area contributed by atoms with Gasteiger partial charge < -0.3 is 13.9 Å². The highest BCUT2D eigenvalue weighted by molar-refractivity contribution is 5.91. The number of hydrogen-bond acceptors (Lipinski definition) is 3. The van der Waals surface area contributed by atoms with E-state index in [0.29, 0.717) is 12.3 Å². The maximum absolute atomic E-state index is 12.4. The molecule has 2 aromatic heterocycles. The van der Waals surface area contributed by atoms with Gasteiger partial charge in [-0.3, -0.25) is 4.79 Å².